The van der Waals surface area contributed by atoms with Crippen molar-refractivity contribution < 1.29 is 24.2 Å². The van der Waals surface area contributed by atoms with Crippen LogP contribution in [0.4, 0.5) is 0 Å². The molecule has 0 aromatic carbocycles. The van der Waals surface area contributed by atoms with E-state index in [0.29, 0.717) is 32.5 Å². The van der Waals surface area contributed by atoms with Crippen LogP contribution < -0.4 is 0 Å². The average molecular weight is 446 g/mol. The zero-order valence-electron chi connectivity index (χ0n) is 19.3. The Morgan fingerprint density at radius 2 is 1.75 bits per heavy atom. The predicted molar refractivity (Wildman–Crippen MR) is 118 cm³/mol. The topological polar surface area (TPSA) is 90.4 Å². The van der Waals surface area contributed by atoms with Gasteiger partial charge >= 0.3 is 0 Å². The second-order valence-corrected chi connectivity index (χ2v) is 9.39. The highest BCUT2D eigenvalue weighted by Crippen LogP contribution is 2.58. The number of hydrogen-bond donors (Lipinski definition) is 1. The van der Waals surface area contributed by atoms with E-state index >= 15 is 0 Å². The first kappa shape index (κ1) is 23.0. The van der Waals surface area contributed by atoms with Crippen molar-refractivity contribution in [2.75, 3.05) is 39.8 Å². The molecular weight excluding hydrogens is 410 g/mol. The van der Waals surface area contributed by atoms with Crippen LogP contribution in [0.3, 0.4) is 0 Å². The van der Waals surface area contributed by atoms with E-state index in [1.807, 2.05) is 31.2 Å². The van der Waals surface area contributed by atoms with Crippen LogP contribution in [-0.4, -0.2) is 94.6 Å². The van der Waals surface area contributed by atoms with E-state index in [9.17, 15) is 19.5 Å². The molecule has 32 heavy (non-hydrogen) atoms. The van der Waals surface area contributed by atoms with E-state index in [1.54, 1.807) is 21.7 Å². The number of amides is 3. The van der Waals surface area contributed by atoms with E-state index in [1.165, 1.54) is 0 Å². The first-order chi connectivity index (χ1) is 15.4. The summed E-state index contributed by atoms with van der Waals surface area (Å²) < 4.78 is 6.81. The van der Waals surface area contributed by atoms with Crippen molar-refractivity contribution in [3.63, 3.8) is 0 Å². The van der Waals surface area contributed by atoms with Crippen molar-refractivity contribution in [3.05, 3.63) is 24.3 Å². The van der Waals surface area contributed by atoms with Gasteiger partial charge in [-0.05, 0) is 19.3 Å². The van der Waals surface area contributed by atoms with Crippen LogP contribution >= 0.6 is 0 Å². The van der Waals surface area contributed by atoms with E-state index in [0.717, 1.165) is 12.8 Å². The molecule has 176 valence electrons. The molecule has 1 unspecified atom stereocenters. The largest absolute Gasteiger partial charge is 0.396 e. The highest BCUT2D eigenvalue weighted by Gasteiger charge is 2.75. The molecule has 0 saturated carbocycles. The monoisotopic (exact) mass is 445 g/mol. The maximum atomic E-state index is 13.9. The third kappa shape index (κ3) is 3.22. The average Bonchev–Trinajstić information content (AvgIpc) is 3.08. The highest BCUT2D eigenvalue weighted by atomic mass is 16.5. The predicted octanol–water partition coefficient (Wildman–Crippen LogP) is 0.957. The van der Waals surface area contributed by atoms with Crippen LogP contribution in [0.5, 0.6) is 0 Å². The Labute approximate surface area is 189 Å². The van der Waals surface area contributed by atoms with Gasteiger partial charge in [-0.2, -0.15) is 0 Å². The number of rotatable bonds is 7. The molecular formula is C24H35N3O5. The lowest BCUT2D eigenvalue weighted by Crippen LogP contribution is -2.56. The van der Waals surface area contributed by atoms with Crippen LogP contribution in [0.25, 0.3) is 0 Å². The lowest BCUT2D eigenvalue weighted by atomic mass is 9.73. The minimum atomic E-state index is -1.19. The fraction of sp³-hybridized carbons (Fsp3) is 0.708. The van der Waals surface area contributed by atoms with E-state index in [-0.39, 0.29) is 30.9 Å². The number of fused-ring (bicyclic) bond motifs is 2. The summed E-state index contributed by atoms with van der Waals surface area (Å²) in [6, 6.07) is -0.830. The lowest BCUT2D eigenvalue weighted by Gasteiger charge is -2.38. The molecule has 4 aliphatic heterocycles. The van der Waals surface area contributed by atoms with Gasteiger partial charge in [0.15, 0.2) is 0 Å². The maximum Gasteiger partial charge on any atom is 0.249 e. The van der Waals surface area contributed by atoms with Gasteiger partial charge in [-0.25, -0.2) is 0 Å². The Morgan fingerprint density at radius 3 is 2.44 bits per heavy atom. The van der Waals surface area contributed by atoms with Gasteiger partial charge in [-0.3, -0.25) is 14.4 Å². The van der Waals surface area contributed by atoms with Gasteiger partial charge in [-0.15, -0.1) is 0 Å². The molecule has 0 bridgehead atoms. The Kier molecular flexibility index (Phi) is 6.20. The number of nitrogens with zero attached hydrogens (tertiary/aromatic N) is 3. The molecule has 2 fully saturated rings. The number of likely N-dealkylation sites (tertiary alicyclic amines) is 1. The van der Waals surface area contributed by atoms with Crippen LogP contribution in [0.15, 0.2) is 24.3 Å². The molecule has 2 saturated heterocycles. The molecule has 5 atom stereocenters. The fourth-order valence-corrected chi connectivity index (χ4v) is 5.96. The minimum absolute atomic E-state index is 0.0780. The van der Waals surface area contributed by atoms with E-state index in [4.69, 9.17) is 4.74 Å². The molecule has 1 N–H and O–H groups in total. The van der Waals surface area contributed by atoms with E-state index < -0.39 is 29.1 Å². The van der Waals surface area contributed by atoms with Crippen molar-refractivity contribution in [2.24, 2.45) is 11.8 Å². The molecule has 4 rings (SSSR count). The Bertz CT molecular complexity index is 841. The summed E-state index contributed by atoms with van der Waals surface area (Å²) in [7, 11) is 1.74. The fourth-order valence-electron chi connectivity index (χ4n) is 5.96. The summed E-state index contributed by atoms with van der Waals surface area (Å²) in [5, 5.41) is 9.43. The third-order valence-electron chi connectivity index (χ3n) is 7.56. The molecule has 1 spiro atoms. The second-order valence-electron chi connectivity index (χ2n) is 9.39. The van der Waals surface area contributed by atoms with E-state index in [2.05, 4.69) is 6.92 Å². The molecule has 0 aliphatic carbocycles. The smallest absolute Gasteiger partial charge is 0.249 e. The summed E-state index contributed by atoms with van der Waals surface area (Å²) in [5.41, 5.74) is -2.11. The molecule has 4 heterocycles. The molecule has 0 radical (unpaired) electrons. The van der Waals surface area contributed by atoms with Crippen molar-refractivity contribution >= 4 is 17.7 Å². The molecule has 0 aromatic heterocycles. The number of aliphatic hydroxyl groups excluding tert-OH is 1. The first-order valence-corrected chi connectivity index (χ1v) is 11.9. The number of hydrogen-bond acceptors (Lipinski definition) is 5. The van der Waals surface area contributed by atoms with Gasteiger partial charge in [0.05, 0.1) is 17.4 Å². The lowest BCUT2D eigenvalue weighted by molar-refractivity contribution is -0.154. The molecule has 8 nitrogen and oxygen atoms in total. The summed E-state index contributed by atoms with van der Waals surface area (Å²) in [4.78, 5) is 46.2. The Balaban J connectivity index is 1.85. The van der Waals surface area contributed by atoms with Gasteiger partial charge in [0.1, 0.15) is 11.6 Å². The summed E-state index contributed by atoms with van der Waals surface area (Å²) in [6.45, 7) is 5.76. The number of ether oxygens (including phenoxy) is 1. The van der Waals surface area contributed by atoms with Gasteiger partial charge in [0.25, 0.3) is 0 Å². The second kappa shape index (κ2) is 8.63. The Morgan fingerprint density at radius 1 is 1.00 bits per heavy atom. The van der Waals surface area contributed by atoms with Crippen molar-refractivity contribution in [3.8, 4) is 0 Å². The summed E-state index contributed by atoms with van der Waals surface area (Å²) in [5.74, 6) is -1.94. The molecule has 0 aromatic rings. The van der Waals surface area contributed by atoms with Crippen molar-refractivity contribution in [1.82, 2.24) is 14.7 Å². The molecule has 4 aliphatic rings. The van der Waals surface area contributed by atoms with Crippen LogP contribution in [0, 0.1) is 11.8 Å². The first-order valence-electron chi connectivity index (χ1n) is 11.9. The van der Waals surface area contributed by atoms with Gasteiger partial charge in [0.2, 0.25) is 17.7 Å². The third-order valence-corrected chi connectivity index (χ3v) is 7.56. The summed E-state index contributed by atoms with van der Waals surface area (Å²) in [6.07, 6.45) is 10.4. The zero-order valence-corrected chi connectivity index (χ0v) is 19.3. The van der Waals surface area contributed by atoms with Crippen molar-refractivity contribution in [1.29, 1.82) is 0 Å². The van der Waals surface area contributed by atoms with Crippen LogP contribution in [-0.2, 0) is 19.1 Å². The molecule has 8 heteroatoms. The number of likely N-dealkylation sites (N-methyl/N-ethyl adjacent to an activating group) is 1. The Hall–Kier alpha value is -2.19. The number of aliphatic hydroxyl groups is 1. The maximum absolute atomic E-state index is 13.9. The SMILES string of the molecule is CCCCN1CC=C[C@]23O[C@]4(CC)C=CCN(C)C(=O)[C@@H]4[C@H]2C(=O)N(CCCO)C3C1=O. The number of carbonyl (C=O) groups is 3. The minimum Gasteiger partial charge on any atom is -0.396 e. The normalized spacial score (nSPS) is 36.3. The quantitative estimate of drug-likeness (QED) is 0.590. The number of unbranched alkanes of at least 4 members (excludes halogenated alkanes) is 1. The zero-order chi connectivity index (χ0) is 23.1. The standard InChI is InChI=1S/C24H35N3O5/c1-4-6-13-26-14-8-11-24-18(21(30)27(15-9-16-28)19(24)22(26)31)17-20(29)25(3)12-7-10-23(17,5-2)32-24/h7-8,10-11,17-19,28H,4-6,9,12-16H2,1-3H3/t17-,18-,19?,23+,24-/m0/s1. The van der Waals surface area contributed by atoms with Crippen LogP contribution in [0.2, 0.25) is 0 Å². The van der Waals surface area contributed by atoms with Crippen molar-refractivity contribution in [2.45, 2.75) is 56.8 Å². The van der Waals surface area contributed by atoms with Gasteiger partial charge in [0, 0.05) is 39.8 Å². The van der Waals surface area contributed by atoms with Gasteiger partial charge < -0.3 is 24.5 Å². The summed E-state index contributed by atoms with van der Waals surface area (Å²) >= 11 is 0. The highest BCUT2D eigenvalue weighted by molar-refractivity contribution is 6.00. The molecule has 3 amide bonds. The van der Waals surface area contributed by atoms with Gasteiger partial charge in [-0.1, -0.05) is 44.6 Å². The number of carbonyl (C=O) groups excluding carboxylic acids is 3. The van der Waals surface area contributed by atoms with Crippen LogP contribution in [0.1, 0.15) is 39.5 Å².